The third kappa shape index (κ3) is 3.39. The van der Waals surface area contributed by atoms with E-state index in [-0.39, 0.29) is 22.7 Å². The Bertz CT molecular complexity index is 894. The van der Waals surface area contributed by atoms with E-state index >= 15 is 0 Å². The summed E-state index contributed by atoms with van der Waals surface area (Å²) in [6.07, 6.45) is 2.23. The van der Waals surface area contributed by atoms with Crippen molar-refractivity contribution in [1.82, 2.24) is 10.1 Å². The third-order valence-corrected chi connectivity index (χ3v) is 5.68. The van der Waals surface area contributed by atoms with E-state index in [0.717, 1.165) is 5.75 Å². The van der Waals surface area contributed by atoms with Crippen molar-refractivity contribution in [1.29, 1.82) is 0 Å². The zero-order chi connectivity index (χ0) is 17.9. The molecule has 5 nitrogen and oxygen atoms in total. The maximum atomic E-state index is 14.0. The molecule has 0 unspecified atom stereocenters. The van der Waals surface area contributed by atoms with Gasteiger partial charge in [-0.2, -0.15) is 11.8 Å². The molecule has 1 aromatic carbocycles. The molecule has 1 aliphatic rings. The van der Waals surface area contributed by atoms with Gasteiger partial charge in [-0.05, 0) is 24.6 Å². The molecule has 26 heavy (non-hydrogen) atoms. The van der Waals surface area contributed by atoms with E-state index in [0.29, 0.717) is 36.6 Å². The Labute approximate surface area is 154 Å². The van der Waals surface area contributed by atoms with Gasteiger partial charge in [0.05, 0.1) is 6.26 Å². The van der Waals surface area contributed by atoms with Crippen LogP contribution in [0, 0.1) is 5.82 Å². The van der Waals surface area contributed by atoms with Crippen LogP contribution in [0.2, 0.25) is 0 Å². The summed E-state index contributed by atoms with van der Waals surface area (Å²) in [4.78, 5) is 14.5. The number of carbonyl (C=O) groups is 1. The molecule has 7 heteroatoms. The van der Waals surface area contributed by atoms with Gasteiger partial charge in [0.15, 0.2) is 11.5 Å². The molecule has 1 fully saturated rings. The molecular weight excluding hydrogens is 355 g/mol. The van der Waals surface area contributed by atoms with Crippen LogP contribution in [0.1, 0.15) is 27.7 Å². The van der Waals surface area contributed by atoms with Gasteiger partial charge in [0, 0.05) is 35.7 Å². The lowest BCUT2D eigenvalue weighted by atomic mass is 10.1. The number of rotatable bonds is 3. The number of hydrogen-bond acceptors (Lipinski definition) is 5. The van der Waals surface area contributed by atoms with Gasteiger partial charge in [-0.25, -0.2) is 4.39 Å². The Morgan fingerprint density at radius 2 is 2.08 bits per heavy atom. The van der Waals surface area contributed by atoms with Gasteiger partial charge in [0.2, 0.25) is 5.76 Å². The summed E-state index contributed by atoms with van der Waals surface area (Å²) in [6, 6.07) is 11.9. The first-order valence-corrected chi connectivity index (χ1v) is 9.43. The largest absolute Gasteiger partial charge is 0.461 e. The second kappa shape index (κ2) is 7.37. The quantitative estimate of drug-likeness (QED) is 0.682. The molecule has 0 bridgehead atoms. The highest BCUT2D eigenvalue weighted by atomic mass is 32.2. The smallest absolute Gasteiger partial charge is 0.276 e. The molecule has 1 aliphatic heterocycles. The highest BCUT2D eigenvalue weighted by Gasteiger charge is 2.26. The predicted octanol–water partition coefficient (Wildman–Crippen LogP) is 4.39. The van der Waals surface area contributed by atoms with Crippen LogP contribution in [0.5, 0.6) is 0 Å². The molecular formula is C19H17FN2O3S. The normalized spacial score (nSPS) is 17.9. The summed E-state index contributed by atoms with van der Waals surface area (Å²) < 4.78 is 24.5. The summed E-state index contributed by atoms with van der Waals surface area (Å²) in [5, 5.41) is 3.92. The first-order chi connectivity index (χ1) is 12.7. The molecule has 1 amide bonds. The van der Waals surface area contributed by atoms with E-state index in [1.165, 1.54) is 12.3 Å². The lowest BCUT2D eigenvalue weighted by Gasteiger charge is -2.19. The average Bonchev–Trinajstić information content (AvgIpc) is 3.29. The number of aromatic nitrogens is 1. The lowest BCUT2D eigenvalue weighted by Crippen LogP contribution is -2.33. The summed E-state index contributed by atoms with van der Waals surface area (Å²) >= 11 is 1.68. The van der Waals surface area contributed by atoms with Crippen LogP contribution in [0.15, 0.2) is 57.7 Å². The zero-order valence-corrected chi connectivity index (χ0v) is 14.7. The van der Waals surface area contributed by atoms with Crippen molar-refractivity contribution in [2.45, 2.75) is 11.7 Å². The molecule has 3 heterocycles. The van der Waals surface area contributed by atoms with Crippen molar-refractivity contribution in [3.63, 3.8) is 0 Å². The van der Waals surface area contributed by atoms with Crippen LogP contribution in [0.3, 0.4) is 0 Å². The molecule has 0 saturated carbocycles. The monoisotopic (exact) mass is 372 g/mol. The van der Waals surface area contributed by atoms with Crippen molar-refractivity contribution < 1.29 is 18.1 Å². The molecule has 2 aromatic heterocycles. The number of hydrogen-bond donors (Lipinski definition) is 0. The topological polar surface area (TPSA) is 59.5 Å². The number of nitrogens with zero attached hydrogens (tertiary/aromatic N) is 2. The SMILES string of the molecule is O=C(c1cc(-c2ccco2)on1)N1CCS[C@H](c2ccccc2F)CC1. The van der Waals surface area contributed by atoms with Crippen molar-refractivity contribution in [2.24, 2.45) is 0 Å². The molecule has 1 atom stereocenters. The first-order valence-electron chi connectivity index (χ1n) is 8.38. The Morgan fingerprint density at radius 3 is 2.88 bits per heavy atom. The van der Waals surface area contributed by atoms with Crippen molar-refractivity contribution in [3.8, 4) is 11.5 Å². The van der Waals surface area contributed by atoms with Crippen LogP contribution in [0.4, 0.5) is 4.39 Å². The second-order valence-corrected chi connectivity index (χ2v) is 7.33. The minimum absolute atomic E-state index is 0.0463. The first kappa shape index (κ1) is 16.9. The molecule has 4 rings (SSSR count). The number of thioether (sulfide) groups is 1. The molecule has 0 spiro atoms. The van der Waals surface area contributed by atoms with E-state index in [1.54, 1.807) is 40.9 Å². The fourth-order valence-corrected chi connectivity index (χ4v) is 4.28. The van der Waals surface area contributed by atoms with Gasteiger partial charge < -0.3 is 13.8 Å². The Balaban J connectivity index is 1.46. The van der Waals surface area contributed by atoms with E-state index < -0.39 is 0 Å². The highest BCUT2D eigenvalue weighted by Crippen LogP contribution is 2.36. The Morgan fingerprint density at radius 1 is 1.19 bits per heavy atom. The van der Waals surface area contributed by atoms with Crippen LogP contribution in [0.25, 0.3) is 11.5 Å². The standard InChI is InChI=1S/C19H17FN2O3S/c20-14-5-2-1-4-13(14)18-7-8-22(9-11-26-18)19(23)15-12-17(25-21-15)16-6-3-10-24-16/h1-6,10,12,18H,7-9,11H2/t18-/m0/s1. The maximum Gasteiger partial charge on any atom is 0.276 e. The molecule has 3 aromatic rings. The molecule has 134 valence electrons. The number of benzene rings is 1. The molecule has 0 N–H and O–H groups in total. The van der Waals surface area contributed by atoms with Gasteiger partial charge in [-0.1, -0.05) is 23.4 Å². The summed E-state index contributed by atoms with van der Waals surface area (Å²) in [5.41, 5.74) is 0.957. The minimum Gasteiger partial charge on any atom is -0.461 e. The van der Waals surface area contributed by atoms with E-state index in [2.05, 4.69) is 5.16 Å². The van der Waals surface area contributed by atoms with Gasteiger partial charge in [-0.3, -0.25) is 4.79 Å². The zero-order valence-electron chi connectivity index (χ0n) is 13.9. The summed E-state index contributed by atoms with van der Waals surface area (Å²) in [6.45, 7) is 1.14. The number of halogens is 1. The highest BCUT2D eigenvalue weighted by molar-refractivity contribution is 7.99. The Hall–Kier alpha value is -2.54. The summed E-state index contributed by atoms with van der Waals surface area (Å²) in [5.74, 6) is 1.33. The van der Waals surface area contributed by atoms with Gasteiger partial charge >= 0.3 is 0 Å². The number of carbonyl (C=O) groups excluding carboxylic acids is 1. The Kier molecular flexibility index (Phi) is 4.79. The molecule has 0 radical (unpaired) electrons. The third-order valence-electron chi connectivity index (χ3n) is 4.37. The van der Waals surface area contributed by atoms with Crippen LogP contribution in [-0.4, -0.2) is 34.8 Å². The van der Waals surface area contributed by atoms with Crippen LogP contribution >= 0.6 is 11.8 Å². The van der Waals surface area contributed by atoms with E-state index in [9.17, 15) is 9.18 Å². The molecule has 0 aliphatic carbocycles. The lowest BCUT2D eigenvalue weighted by molar-refractivity contribution is 0.0756. The van der Waals surface area contributed by atoms with E-state index in [4.69, 9.17) is 8.94 Å². The van der Waals surface area contributed by atoms with Gasteiger partial charge in [-0.15, -0.1) is 0 Å². The predicted molar refractivity (Wildman–Crippen MR) is 96.3 cm³/mol. The minimum atomic E-state index is -0.190. The van der Waals surface area contributed by atoms with Crippen LogP contribution < -0.4 is 0 Å². The second-order valence-electron chi connectivity index (χ2n) is 6.02. The van der Waals surface area contributed by atoms with Gasteiger partial charge in [0.1, 0.15) is 5.82 Å². The van der Waals surface area contributed by atoms with Gasteiger partial charge in [0.25, 0.3) is 5.91 Å². The number of amides is 1. The van der Waals surface area contributed by atoms with Crippen molar-refractivity contribution in [2.75, 3.05) is 18.8 Å². The van der Waals surface area contributed by atoms with E-state index in [1.807, 2.05) is 12.1 Å². The average molecular weight is 372 g/mol. The fraction of sp³-hybridized carbons (Fsp3) is 0.263. The van der Waals surface area contributed by atoms with Crippen molar-refractivity contribution >= 4 is 17.7 Å². The van der Waals surface area contributed by atoms with Crippen molar-refractivity contribution in [3.05, 3.63) is 65.8 Å². The fourth-order valence-electron chi connectivity index (χ4n) is 3.03. The number of furan rings is 1. The maximum absolute atomic E-state index is 14.0. The summed E-state index contributed by atoms with van der Waals surface area (Å²) in [7, 11) is 0. The molecule has 1 saturated heterocycles. The van der Waals surface area contributed by atoms with Crippen LogP contribution in [-0.2, 0) is 0 Å².